The lowest BCUT2D eigenvalue weighted by atomic mass is 9.91. The van der Waals surface area contributed by atoms with Gasteiger partial charge in [-0.3, -0.25) is 4.79 Å². The zero-order chi connectivity index (χ0) is 19.1. The topological polar surface area (TPSA) is 68.6 Å². The van der Waals surface area contributed by atoms with Crippen LogP contribution in [0.1, 0.15) is 30.1 Å². The van der Waals surface area contributed by atoms with Crippen LogP contribution in [0.25, 0.3) is 16.5 Å². The summed E-state index contributed by atoms with van der Waals surface area (Å²) >= 11 is 0. The average molecular weight is 377 g/mol. The van der Waals surface area contributed by atoms with E-state index in [1.54, 1.807) is 9.08 Å². The number of fused-ring (bicyclic) bond motifs is 2. The average Bonchev–Trinajstić information content (AvgIpc) is 3.31. The molecule has 1 saturated heterocycles. The lowest BCUT2D eigenvalue weighted by molar-refractivity contribution is 0.202. The Hall–Kier alpha value is -2.93. The molecule has 1 aliphatic rings. The number of hydrogen-bond acceptors (Lipinski definition) is 5. The van der Waals surface area contributed by atoms with E-state index in [2.05, 4.69) is 21.2 Å². The third-order valence-corrected chi connectivity index (χ3v) is 5.76. The summed E-state index contributed by atoms with van der Waals surface area (Å²) in [6.45, 7) is 5.48. The van der Waals surface area contributed by atoms with Crippen molar-refractivity contribution in [1.82, 2.24) is 24.2 Å². The summed E-state index contributed by atoms with van der Waals surface area (Å²) in [5.74, 6) is 0.439. The van der Waals surface area contributed by atoms with Gasteiger partial charge >= 0.3 is 0 Å². The highest BCUT2D eigenvalue weighted by Gasteiger charge is 2.24. The van der Waals surface area contributed by atoms with Gasteiger partial charge in [0.05, 0.1) is 11.4 Å². The Kier molecular flexibility index (Phi) is 4.24. The summed E-state index contributed by atoms with van der Waals surface area (Å²) in [5.41, 5.74) is 3.47. The van der Waals surface area contributed by atoms with Gasteiger partial charge in [-0.2, -0.15) is 5.10 Å². The summed E-state index contributed by atoms with van der Waals surface area (Å²) in [5, 5.41) is 9.77. The molecule has 1 aromatic carbocycles. The molecular formula is C21H23N5O2. The van der Waals surface area contributed by atoms with Gasteiger partial charge in [-0.15, -0.1) is 0 Å². The first-order chi connectivity index (χ1) is 13.7. The summed E-state index contributed by atoms with van der Waals surface area (Å²) < 4.78 is 8.92. The third kappa shape index (κ3) is 3.01. The molecule has 7 nitrogen and oxygen atoms in total. The molecule has 7 heteroatoms. The molecule has 0 bridgehead atoms. The van der Waals surface area contributed by atoms with Crippen molar-refractivity contribution in [1.29, 1.82) is 0 Å². The second kappa shape index (κ2) is 6.91. The quantitative estimate of drug-likeness (QED) is 0.547. The van der Waals surface area contributed by atoms with Crippen molar-refractivity contribution in [3.8, 4) is 0 Å². The SMILES string of the molecule is Cc1cc2c(=O)n(CCN3CCC(c4noc5ccccc45)CC3)ccn2n1. The van der Waals surface area contributed by atoms with Crippen LogP contribution in [-0.4, -0.2) is 43.9 Å². The molecule has 4 heterocycles. The Morgan fingerprint density at radius 3 is 2.82 bits per heavy atom. The molecular weight excluding hydrogens is 354 g/mol. The number of rotatable bonds is 4. The highest BCUT2D eigenvalue weighted by Crippen LogP contribution is 2.32. The van der Waals surface area contributed by atoms with Crippen LogP contribution in [0.3, 0.4) is 0 Å². The molecule has 0 N–H and O–H groups in total. The van der Waals surface area contributed by atoms with Crippen molar-refractivity contribution in [2.75, 3.05) is 19.6 Å². The van der Waals surface area contributed by atoms with E-state index in [1.807, 2.05) is 43.6 Å². The maximum absolute atomic E-state index is 12.6. The minimum absolute atomic E-state index is 0.0204. The van der Waals surface area contributed by atoms with Gasteiger partial charge in [0, 0.05) is 36.8 Å². The number of para-hydroxylation sites is 1. The zero-order valence-corrected chi connectivity index (χ0v) is 15.9. The summed E-state index contributed by atoms with van der Waals surface area (Å²) in [4.78, 5) is 15.0. The summed E-state index contributed by atoms with van der Waals surface area (Å²) in [7, 11) is 0. The predicted molar refractivity (Wildman–Crippen MR) is 107 cm³/mol. The molecule has 28 heavy (non-hydrogen) atoms. The van der Waals surface area contributed by atoms with Gasteiger partial charge in [0.2, 0.25) is 0 Å². The van der Waals surface area contributed by atoms with Gasteiger partial charge in [-0.05, 0) is 51.1 Å². The Morgan fingerprint density at radius 1 is 1.14 bits per heavy atom. The number of aromatic nitrogens is 4. The second-order valence-electron chi connectivity index (χ2n) is 7.59. The standard InChI is InChI=1S/C21H23N5O2/c1-15-14-18-21(27)25(12-13-26(18)22-15)11-10-24-8-6-16(7-9-24)20-17-4-2-3-5-19(17)28-23-20/h2-5,12-14,16H,6-11H2,1H3. The van der Waals surface area contributed by atoms with Crippen LogP contribution in [0.5, 0.6) is 0 Å². The molecule has 0 radical (unpaired) electrons. The van der Waals surface area contributed by atoms with Gasteiger partial charge in [0.15, 0.2) is 5.58 Å². The molecule has 0 aliphatic carbocycles. The lowest BCUT2D eigenvalue weighted by Crippen LogP contribution is -2.37. The Balaban J connectivity index is 1.23. The Labute approximate surface area is 162 Å². The second-order valence-corrected chi connectivity index (χ2v) is 7.59. The van der Waals surface area contributed by atoms with Crippen molar-refractivity contribution in [3.63, 3.8) is 0 Å². The van der Waals surface area contributed by atoms with E-state index >= 15 is 0 Å². The maximum atomic E-state index is 12.6. The van der Waals surface area contributed by atoms with Crippen molar-refractivity contribution < 1.29 is 4.52 Å². The molecule has 1 aliphatic heterocycles. The predicted octanol–water partition coefficient (Wildman–Crippen LogP) is 2.83. The van der Waals surface area contributed by atoms with Crippen LogP contribution in [0.4, 0.5) is 0 Å². The van der Waals surface area contributed by atoms with E-state index < -0.39 is 0 Å². The van der Waals surface area contributed by atoms with Crippen LogP contribution in [0.15, 0.2) is 52.0 Å². The number of nitrogens with zero attached hydrogens (tertiary/aromatic N) is 5. The van der Waals surface area contributed by atoms with Gasteiger partial charge in [0.1, 0.15) is 5.52 Å². The summed E-state index contributed by atoms with van der Waals surface area (Å²) in [6.07, 6.45) is 5.81. The van der Waals surface area contributed by atoms with E-state index in [-0.39, 0.29) is 5.56 Å². The number of benzene rings is 1. The van der Waals surface area contributed by atoms with Crippen LogP contribution in [0.2, 0.25) is 0 Å². The van der Waals surface area contributed by atoms with E-state index in [0.29, 0.717) is 18.0 Å². The smallest absolute Gasteiger partial charge is 0.276 e. The van der Waals surface area contributed by atoms with Crippen LogP contribution in [0, 0.1) is 6.92 Å². The fourth-order valence-corrected chi connectivity index (χ4v) is 4.20. The van der Waals surface area contributed by atoms with E-state index in [4.69, 9.17) is 4.52 Å². The van der Waals surface area contributed by atoms with Gasteiger partial charge in [-0.1, -0.05) is 17.3 Å². The minimum atomic E-state index is 0.0204. The fourth-order valence-electron chi connectivity index (χ4n) is 4.20. The highest BCUT2D eigenvalue weighted by atomic mass is 16.5. The molecule has 144 valence electrons. The molecule has 0 atom stereocenters. The fraction of sp³-hybridized carbons (Fsp3) is 0.381. The number of hydrogen-bond donors (Lipinski definition) is 0. The molecule has 0 amide bonds. The molecule has 5 rings (SSSR count). The van der Waals surface area contributed by atoms with Gasteiger partial charge in [-0.25, -0.2) is 4.52 Å². The molecule has 0 unspecified atom stereocenters. The maximum Gasteiger partial charge on any atom is 0.276 e. The first-order valence-corrected chi connectivity index (χ1v) is 9.81. The summed E-state index contributed by atoms with van der Waals surface area (Å²) in [6, 6.07) is 9.91. The van der Waals surface area contributed by atoms with Crippen molar-refractivity contribution >= 4 is 16.5 Å². The van der Waals surface area contributed by atoms with Crippen molar-refractivity contribution in [3.05, 3.63) is 64.5 Å². The van der Waals surface area contributed by atoms with Crippen LogP contribution < -0.4 is 5.56 Å². The van der Waals surface area contributed by atoms with Crippen LogP contribution in [-0.2, 0) is 6.54 Å². The van der Waals surface area contributed by atoms with Crippen molar-refractivity contribution in [2.24, 2.45) is 0 Å². The number of aryl methyl sites for hydroxylation is 1. The normalized spacial score (nSPS) is 16.3. The van der Waals surface area contributed by atoms with E-state index in [1.165, 1.54) is 0 Å². The largest absolute Gasteiger partial charge is 0.356 e. The zero-order valence-electron chi connectivity index (χ0n) is 15.9. The first-order valence-electron chi connectivity index (χ1n) is 9.81. The molecule has 3 aromatic heterocycles. The molecule has 0 saturated carbocycles. The van der Waals surface area contributed by atoms with Gasteiger partial charge in [0.25, 0.3) is 5.56 Å². The molecule has 0 spiro atoms. The van der Waals surface area contributed by atoms with E-state index in [9.17, 15) is 4.79 Å². The molecule has 1 fully saturated rings. The highest BCUT2D eigenvalue weighted by molar-refractivity contribution is 5.79. The Bertz CT molecular complexity index is 1180. The monoisotopic (exact) mass is 377 g/mol. The van der Waals surface area contributed by atoms with Gasteiger partial charge < -0.3 is 14.0 Å². The molecule has 4 aromatic rings. The van der Waals surface area contributed by atoms with Crippen LogP contribution >= 0.6 is 0 Å². The number of likely N-dealkylation sites (tertiary alicyclic amines) is 1. The van der Waals surface area contributed by atoms with Crippen molar-refractivity contribution in [2.45, 2.75) is 32.2 Å². The Morgan fingerprint density at radius 2 is 1.96 bits per heavy atom. The first kappa shape index (κ1) is 17.2. The third-order valence-electron chi connectivity index (χ3n) is 5.76. The lowest BCUT2D eigenvalue weighted by Gasteiger charge is -2.31. The number of piperidine rings is 1. The minimum Gasteiger partial charge on any atom is -0.356 e. The van der Waals surface area contributed by atoms with E-state index in [0.717, 1.165) is 54.8 Å².